The summed E-state index contributed by atoms with van der Waals surface area (Å²) in [4.78, 5) is 24.0. The molecule has 1 saturated heterocycles. The number of nitriles is 1. The molecular formula is C27H34N6O4S. The van der Waals surface area contributed by atoms with Crippen LogP contribution in [0.15, 0.2) is 30.3 Å². The van der Waals surface area contributed by atoms with Gasteiger partial charge in [0.15, 0.2) is 15.7 Å². The molecule has 2 aromatic rings. The number of carbonyl (C=O) groups excluding carboxylic acids is 1. The van der Waals surface area contributed by atoms with Crippen LogP contribution in [0.5, 0.6) is 0 Å². The van der Waals surface area contributed by atoms with Crippen molar-refractivity contribution in [2.24, 2.45) is 0 Å². The Labute approximate surface area is 223 Å². The summed E-state index contributed by atoms with van der Waals surface area (Å²) in [6, 6.07) is 10.8. The third-order valence-corrected chi connectivity index (χ3v) is 10.7. The number of hydrogen-bond acceptors (Lipinski definition) is 8. The highest BCUT2D eigenvalue weighted by Gasteiger charge is 2.55. The van der Waals surface area contributed by atoms with E-state index < -0.39 is 14.6 Å². The molecule has 1 aromatic heterocycles. The van der Waals surface area contributed by atoms with E-state index in [0.29, 0.717) is 49.8 Å². The lowest BCUT2D eigenvalue weighted by molar-refractivity contribution is 0.0985. The van der Waals surface area contributed by atoms with Crippen LogP contribution >= 0.6 is 0 Å². The molecule has 3 aliphatic rings. The summed E-state index contributed by atoms with van der Waals surface area (Å²) in [5.74, 6) is 1.19. The lowest BCUT2D eigenvalue weighted by Crippen LogP contribution is -2.44. The topological polar surface area (TPSA) is 137 Å². The molecule has 1 aliphatic heterocycles. The number of rotatable bonds is 8. The number of ether oxygens (including phenoxy) is 1. The number of nitrogens with one attached hydrogen (secondary N) is 2. The Morgan fingerprint density at radius 2 is 1.95 bits per heavy atom. The average molecular weight is 539 g/mol. The lowest BCUT2D eigenvalue weighted by Gasteiger charge is -2.36. The van der Waals surface area contributed by atoms with Crippen molar-refractivity contribution >= 4 is 27.4 Å². The van der Waals surface area contributed by atoms with Crippen LogP contribution in [-0.4, -0.2) is 62.0 Å². The highest BCUT2D eigenvalue weighted by atomic mass is 32.2. The molecule has 2 N–H and O–H groups in total. The van der Waals surface area contributed by atoms with Gasteiger partial charge < -0.3 is 20.3 Å². The number of hydrogen-bond donors (Lipinski definition) is 2. The molecule has 11 heteroatoms. The maximum absolute atomic E-state index is 13.8. The van der Waals surface area contributed by atoms with E-state index in [1.165, 1.54) is 0 Å². The molecule has 1 atom stereocenters. The van der Waals surface area contributed by atoms with Crippen molar-refractivity contribution in [2.45, 2.75) is 67.9 Å². The molecule has 0 spiro atoms. The van der Waals surface area contributed by atoms with E-state index in [2.05, 4.69) is 22.5 Å². The molecule has 202 valence electrons. The van der Waals surface area contributed by atoms with Crippen molar-refractivity contribution in [1.82, 2.24) is 15.3 Å². The van der Waals surface area contributed by atoms with Gasteiger partial charge >= 0.3 is 6.03 Å². The van der Waals surface area contributed by atoms with Crippen LogP contribution in [0, 0.1) is 11.3 Å². The zero-order chi connectivity index (χ0) is 26.8. The molecule has 2 saturated carbocycles. The van der Waals surface area contributed by atoms with Gasteiger partial charge in [-0.1, -0.05) is 12.8 Å². The first-order chi connectivity index (χ1) is 18.3. The van der Waals surface area contributed by atoms with Crippen LogP contribution in [-0.2, 0) is 19.3 Å². The monoisotopic (exact) mass is 538 g/mol. The van der Waals surface area contributed by atoms with Gasteiger partial charge in [-0.15, -0.1) is 0 Å². The van der Waals surface area contributed by atoms with Gasteiger partial charge in [0.25, 0.3) is 0 Å². The molecule has 0 unspecified atom stereocenters. The second kappa shape index (κ2) is 10.9. The average Bonchev–Trinajstić information content (AvgIpc) is 3.66. The largest absolute Gasteiger partial charge is 0.377 e. The number of carbonyl (C=O) groups is 1. The highest BCUT2D eigenvalue weighted by molar-refractivity contribution is 7.93. The van der Waals surface area contributed by atoms with E-state index in [0.717, 1.165) is 37.1 Å². The minimum Gasteiger partial charge on any atom is -0.377 e. The van der Waals surface area contributed by atoms with Crippen molar-refractivity contribution in [3.8, 4) is 17.5 Å². The Hall–Kier alpha value is -3.23. The summed E-state index contributed by atoms with van der Waals surface area (Å²) in [6.07, 6.45) is 4.61. The van der Waals surface area contributed by atoms with Crippen molar-refractivity contribution in [3.05, 3.63) is 36.0 Å². The maximum atomic E-state index is 13.8. The van der Waals surface area contributed by atoms with E-state index in [9.17, 15) is 13.2 Å². The first-order valence-electron chi connectivity index (χ1n) is 13.3. The van der Waals surface area contributed by atoms with Gasteiger partial charge in [0.1, 0.15) is 10.6 Å². The third kappa shape index (κ3) is 5.20. The Bertz CT molecular complexity index is 1310. The number of nitrogens with zero attached hydrogens (tertiary/aromatic N) is 4. The van der Waals surface area contributed by atoms with Gasteiger partial charge in [-0.25, -0.2) is 23.2 Å². The van der Waals surface area contributed by atoms with Gasteiger partial charge in [-0.3, -0.25) is 0 Å². The summed E-state index contributed by atoms with van der Waals surface area (Å²) in [5, 5.41) is 13.7. The fourth-order valence-electron chi connectivity index (χ4n) is 5.45. The number of amides is 2. The molecule has 2 aliphatic carbocycles. The van der Waals surface area contributed by atoms with E-state index >= 15 is 0 Å². The van der Waals surface area contributed by atoms with Crippen LogP contribution in [0.25, 0.3) is 11.4 Å². The zero-order valence-corrected chi connectivity index (χ0v) is 22.5. The molecule has 1 aromatic carbocycles. The maximum Gasteiger partial charge on any atom is 0.319 e. The van der Waals surface area contributed by atoms with Crippen molar-refractivity contribution in [1.29, 1.82) is 5.26 Å². The molecule has 0 radical (unpaired) electrons. The van der Waals surface area contributed by atoms with Crippen LogP contribution < -0.4 is 15.5 Å². The Balaban J connectivity index is 1.51. The predicted molar refractivity (Wildman–Crippen MR) is 144 cm³/mol. The standard InChI is InChI=1S/C27H34N6O4S/c1-19-18-37-16-15-33(19)24-17-23(27(11-2-3-12-27)38(35,36)22-9-10-22)31-25(32-24)20-5-7-21(8-6-20)30-26(34)29-14-4-13-28/h5-8,17,19,22H,2-4,9-12,14-16,18H2,1H3,(H2,29,30,34)/t19-/m0/s1. The summed E-state index contributed by atoms with van der Waals surface area (Å²) in [5.41, 5.74) is 1.92. The zero-order valence-electron chi connectivity index (χ0n) is 21.6. The van der Waals surface area contributed by atoms with Crippen LogP contribution in [0.1, 0.15) is 57.6 Å². The number of sulfone groups is 1. The number of anilines is 2. The first kappa shape index (κ1) is 26.4. The Morgan fingerprint density at radius 3 is 2.61 bits per heavy atom. The van der Waals surface area contributed by atoms with Gasteiger partial charge in [0, 0.05) is 30.4 Å². The molecule has 0 bridgehead atoms. The van der Waals surface area contributed by atoms with Crippen molar-refractivity contribution in [2.75, 3.05) is 36.5 Å². The SMILES string of the molecule is C[C@H]1COCCN1c1cc(C2(S(=O)(=O)C3CC3)CCCC2)nc(-c2ccc(NC(=O)NCCC#N)cc2)n1. The van der Waals surface area contributed by atoms with Gasteiger partial charge in [0.05, 0.1) is 42.7 Å². The first-order valence-corrected chi connectivity index (χ1v) is 14.9. The molecule has 2 heterocycles. The second-order valence-electron chi connectivity index (χ2n) is 10.4. The van der Waals surface area contributed by atoms with Gasteiger partial charge in [-0.2, -0.15) is 5.26 Å². The Morgan fingerprint density at radius 1 is 1.21 bits per heavy atom. The summed E-state index contributed by atoms with van der Waals surface area (Å²) in [7, 11) is -3.38. The minimum atomic E-state index is -3.38. The van der Waals surface area contributed by atoms with Crippen molar-refractivity contribution < 1.29 is 17.9 Å². The van der Waals surface area contributed by atoms with Gasteiger partial charge in [-0.05, 0) is 56.9 Å². The minimum absolute atomic E-state index is 0.102. The molecule has 10 nitrogen and oxygen atoms in total. The molecular weight excluding hydrogens is 504 g/mol. The summed E-state index contributed by atoms with van der Waals surface area (Å²) < 4.78 is 32.3. The van der Waals surface area contributed by atoms with Crippen molar-refractivity contribution in [3.63, 3.8) is 0 Å². The molecule has 5 rings (SSSR count). The number of morpholine rings is 1. The third-order valence-electron chi connectivity index (χ3n) is 7.68. The van der Waals surface area contributed by atoms with Gasteiger partial charge in [0.2, 0.25) is 0 Å². The summed E-state index contributed by atoms with van der Waals surface area (Å²) >= 11 is 0. The normalized spacial score (nSPS) is 21.1. The fraction of sp³-hybridized carbons (Fsp3) is 0.556. The molecule has 3 fully saturated rings. The van der Waals surface area contributed by atoms with E-state index in [4.69, 9.17) is 20.0 Å². The van der Waals surface area contributed by atoms with E-state index in [-0.39, 0.29) is 30.3 Å². The highest BCUT2D eigenvalue weighted by Crippen LogP contribution is 2.51. The van der Waals surface area contributed by atoms with E-state index in [1.54, 1.807) is 12.1 Å². The molecule has 2 amide bonds. The quantitative estimate of drug-likeness (QED) is 0.485. The van der Waals surface area contributed by atoms with E-state index in [1.807, 2.05) is 24.3 Å². The number of urea groups is 1. The smallest absolute Gasteiger partial charge is 0.319 e. The van der Waals surface area contributed by atoms with Crippen LogP contribution in [0.4, 0.5) is 16.3 Å². The number of benzene rings is 1. The second-order valence-corrected chi connectivity index (χ2v) is 12.9. The van der Waals surface area contributed by atoms with Crippen LogP contribution in [0.2, 0.25) is 0 Å². The Kier molecular flexibility index (Phi) is 7.54. The lowest BCUT2D eigenvalue weighted by atomic mass is 10.0. The fourth-order valence-corrected chi connectivity index (χ4v) is 8.10. The summed E-state index contributed by atoms with van der Waals surface area (Å²) in [6.45, 7) is 4.19. The molecule has 38 heavy (non-hydrogen) atoms. The number of aromatic nitrogens is 2. The van der Waals surface area contributed by atoms with Crippen LogP contribution in [0.3, 0.4) is 0 Å². The predicted octanol–water partition coefficient (Wildman–Crippen LogP) is 3.75.